The van der Waals surface area contributed by atoms with E-state index in [1.165, 1.54) is 22.1 Å². The fourth-order valence-electron chi connectivity index (χ4n) is 2.87. The summed E-state index contributed by atoms with van der Waals surface area (Å²) in [6.07, 6.45) is 1.02. The minimum atomic E-state index is 0.0742. The number of furan rings is 1. The number of hydrogen-bond donors (Lipinski definition) is 1. The van der Waals surface area contributed by atoms with Crippen LogP contribution >= 0.6 is 0 Å². The first-order valence-electron chi connectivity index (χ1n) is 7.50. The summed E-state index contributed by atoms with van der Waals surface area (Å²) in [5, 5.41) is 1.28. The molecule has 2 nitrogen and oxygen atoms in total. The summed E-state index contributed by atoms with van der Waals surface area (Å²) in [6, 6.07) is 4.41. The van der Waals surface area contributed by atoms with Crippen molar-refractivity contribution in [3.05, 3.63) is 34.6 Å². The molecule has 0 saturated heterocycles. The number of benzene rings is 1. The van der Waals surface area contributed by atoms with Gasteiger partial charge in [0.25, 0.3) is 0 Å². The zero-order valence-electron chi connectivity index (χ0n) is 13.6. The Morgan fingerprint density at radius 3 is 2.35 bits per heavy atom. The Hall–Kier alpha value is -1.28. The molecule has 2 heteroatoms. The first-order chi connectivity index (χ1) is 9.25. The molecular weight excluding hydrogens is 246 g/mol. The lowest BCUT2D eigenvalue weighted by atomic mass is 9.84. The molecule has 0 unspecified atom stereocenters. The quantitative estimate of drug-likeness (QED) is 0.880. The minimum Gasteiger partial charge on any atom is -0.459 e. The third kappa shape index (κ3) is 2.62. The lowest BCUT2D eigenvalue weighted by Crippen LogP contribution is -2.11. The molecule has 2 aromatic rings. The molecule has 20 heavy (non-hydrogen) atoms. The van der Waals surface area contributed by atoms with Crippen LogP contribution in [0.15, 0.2) is 16.5 Å². The van der Waals surface area contributed by atoms with Gasteiger partial charge in [0.15, 0.2) is 0 Å². The Bertz CT molecular complexity index is 614. The van der Waals surface area contributed by atoms with Gasteiger partial charge in [-0.25, -0.2) is 0 Å². The van der Waals surface area contributed by atoms with Gasteiger partial charge in [0.1, 0.15) is 11.3 Å². The van der Waals surface area contributed by atoms with Crippen LogP contribution in [0.2, 0.25) is 0 Å². The molecule has 0 aliphatic heterocycles. The van der Waals surface area contributed by atoms with E-state index < -0.39 is 0 Å². The molecular formula is C18H27NO. The summed E-state index contributed by atoms with van der Waals surface area (Å²) in [5.41, 5.74) is 10.9. The van der Waals surface area contributed by atoms with Crippen molar-refractivity contribution < 1.29 is 4.42 Å². The highest BCUT2D eigenvalue weighted by atomic mass is 16.3. The lowest BCUT2D eigenvalue weighted by molar-refractivity contribution is 0.517. The fraction of sp³-hybridized carbons (Fsp3) is 0.556. The maximum atomic E-state index is 6.16. The van der Waals surface area contributed by atoms with Crippen LogP contribution in [-0.4, -0.2) is 0 Å². The van der Waals surface area contributed by atoms with Gasteiger partial charge >= 0.3 is 0 Å². The SMILES string of the molecule is Cc1ccc(C(C)(C)C)c2oc(CN)c(CC(C)C)c12. The molecule has 0 radical (unpaired) electrons. The maximum absolute atomic E-state index is 6.16. The number of rotatable bonds is 3. The molecule has 0 atom stereocenters. The lowest BCUT2D eigenvalue weighted by Gasteiger charge is -2.19. The van der Waals surface area contributed by atoms with Gasteiger partial charge in [-0.2, -0.15) is 0 Å². The molecule has 0 spiro atoms. The van der Waals surface area contributed by atoms with E-state index in [9.17, 15) is 0 Å². The van der Waals surface area contributed by atoms with Gasteiger partial charge < -0.3 is 10.2 Å². The fourth-order valence-corrected chi connectivity index (χ4v) is 2.87. The van der Waals surface area contributed by atoms with E-state index in [1.54, 1.807) is 0 Å². The topological polar surface area (TPSA) is 39.2 Å². The molecule has 1 heterocycles. The summed E-state index contributed by atoms with van der Waals surface area (Å²) in [5.74, 6) is 1.55. The van der Waals surface area contributed by atoms with Crippen LogP contribution in [0.1, 0.15) is 57.1 Å². The van der Waals surface area contributed by atoms with Crippen molar-refractivity contribution in [2.75, 3.05) is 0 Å². The van der Waals surface area contributed by atoms with Crippen LogP contribution in [0.5, 0.6) is 0 Å². The largest absolute Gasteiger partial charge is 0.459 e. The number of fused-ring (bicyclic) bond motifs is 1. The van der Waals surface area contributed by atoms with E-state index in [0.717, 1.165) is 17.8 Å². The van der Waals surface area contributed by atoms with Gasteiger partial charge in [-0.1, -0.05) is 46.8 Å². The summed E-state index contributed by atoms with van der Waals surface area (Å²) in [4.78, 5) is 0. The van der Waals surface area contributed by atoms with Gasteiger partial charge in [-0.05, 0) is 30.2 Å². The van der Waals surface area contributed by atoms with Crippen molar-refractivity contribution >= 4 is 11.0 Å². The van der Waals surface area contributed by atoms with E-state index in [2.05, 4.69) is 53.7 Å². The van der Waals surface area contributed by atoms with E-state index >= 15 is 0 Å². The monoisotopic (exact) mass is 273 g/mol. The Kier molecular flexibility index (Phi) is 3.97. The summed E-state index contributed by atoms with van der Waals surface area (Å²) < 4.78 is 6.16. The highest BCUT2D eigenvalue weighted by Crippen LogP contribution is 2.37. The van der Waals surface area contributed by atoms with Crippen molar-refractivity contribution in [3.63, 3.8) is 0 Å². The number of hydrogen-bond acceptors (Lipinski definition) is 2. The second kappa shape index (κ2) is 5.25. The van der Waals surface area contributed by atoms with E-state index in [0.29, 0.717) is 12.5 Å². The normalized spacial score (nSPS) is 12.6. The molecule has 2 rings (SSSR count). The highest BCUT2D eigenvalue weighted by molar-refractivity contribution is 5.89. The Morgan fingerprint density at radius 2 is 1.85 bits per heavy atom. The number of nitrogens with two attached hydrogens (primary N) is 1. The first-order valence-corrected chi connectivity index (χ1v) is 7.50. The van der Waals surface area contributed by atoms with Crippen molar-refractivity contribution in [1.29, 1.82) is 0 Å². The Morgan fingerprint density at radius 1 is 1.20 bits per heavy atom. The van der Waals surface area contributed by atoms with E-state index in [1.807, 2.05) is 0 Å². The van der Waals surface area contributed by atoms with Gasteiger partial charge in [-0.15, -0.1) is 0 Å². The molecule has 110 valence electrons. The van der Waals surface area contributed by atoms with E-state index in [-0.39, 0.29) is 5.41 Å². The standard InChI is InChI=1S/C18H27NO/c1-11(2)9-13-15(10-19)20-17-14(18(4,5)6)8-7-12(3)16(13)17/h7-8,11H,9-10,19H2,1-6H3. The van der Waals surface area contributed by atoms with Gasteiger partial charge in [0, 0.05) is 16.5 Å². The summed E-state index contributed by atoms with van der Waals surface area (Å²) in [6.45, 7) is 13.8. The molecule has 2 N–H and O–H groups in total. The predicted octanol–water partition coefficient (Wildman–Crippen LogP) is 4.70. The van der Waals surface area contributed by atoms with Crippen LogP contribution < -0.4 is 5.73 Å². The zero-order valence-corrected chi connectivity index (χ0v) is 13.6. The highest BCUT2D eigenvalue weighted by Gasteiger charge is 2.24. The van der Waals surface area contributed by atoms with Crippen molar-refractivity contribution in [1.82, 2.24) is 0 Å². The van der Waals surface area contributed by atoms with Crippen LogP contribution in [-0.2, 0) is 18.4 Å². The second-order valence-corrected chi connectivity index (χ2v) is 7.19. The smallest absolute Gasteiger partial charge is 0.138 e. The van der Waals surface area contributed by atoms with Crippen LogP contribution in [0.4, 0.5) is 0 Å². The zero-order chi connectivity index (χ0) is 15.1. The third-order valence-corrected chi connectivity index (χ3v) is 3.84. The first kappa shape index (κ1) is 15.1. The Balaban J connectivity index is 2.79. The number of aryl methyl sites for hydroxylation is 1. The van der Waals surface area contributed by atoms with Gasteiger partial charge in [0.05, 0.1) is 6.54 Å². The minimum absolute atomic E-state index is 0.0742. The van der Waals surface area contributed by atoms with Crippen molar-refractivity contribution in [3.8, 4) is 0 Å². The molecule has 0 aliphatic rings. The molecule has 1 aromatic heterocycles. The maximum Gasteiger partial charge on any atom is 0.138 e. The molecule has 0 aliphatic carbocycles. The van der Waals surface area contributed by atoms with Crippen LogP contribution in [0.25, 0.3) is 11.0 Å². The van der Waals surface area contributed by atoms with Crippen LogP contribution in [0, 0.1) is 12.8 Å². The molecule has 0 bridgehead atoms. The van der Waals surface area contributed by atoms with Crippen molar-refractivity contribution in [2.24, 2.45) is 11.7 Å². The summed E-state index contributed by atoms with van der Waals surface area (Å²) >= 11 is 0. The van der Waals surface area contributed by atoms with Gasteiger partial charge in [-0.3, -0.25) is 0 Å². The Labute approximate surface area is 122 Å². The average molecular weight is 273 g/mol. The second-order valence-electron chi connectivity index (χ2n) is 7.19. The van der Waals surface area contributed by atoms with Gasteiger partial charge in [0.2, 0.25) is 0 Å². The van der Waals surface area contributed by atoms with E-state index in [4.69, 9.17) is 10.2 Å². The third-order valence-electron chi connectivity index (χ3n) is 3.84. The molecule has 0 saturated carbocycles. The van der Waals surface area contributed by atoms with Crippen LogP contribution in [0.3, 0.4) is 0 Å². The molecule has 1 aromatic carbocycles. The predicted molar refractivity (Wildman–Crippen MR) is 86.1 cm³/mol. The van der Waals surface area contributed by atoms with Crippen molar-refractivity contribution in [2.45, 2.75) is 59.9 Å². The molecule has 0 fully saturated rings. The molecule has 0 amide bonds. The summed E-state index contributed by atoms with van der Waals surface area (Å²) in [7, 11) is 0. The average Bonchev–Trinajstić information content (AvgIpc) is 2.66.